The van der Waals surface area contributed by atoms with Gasteiger partial charge in [-0.2, -0.15) is 0 Å². The summed E-state index contributed by atoms with van der Waals surface area (Å²) in [4.78, 5) is 14.6. The first-order valence-electron chi connectivity index (χ1n) is 12.5. The third-order valence-electron chi connectivity index (χ3n) is 6.09. The highest BCUT2D eigenvalue weighted by Gasteiger charge is 2.18. The lowest BCUT2D eigenvalue weighted by atomic mass is 10.1. The molecular weight excluding hydrogens is 430 g/mol. The summed E-state index contributed by atoms with van der Waals surface area (Å²) in [5.74, 6) is 1.87. The van der Waals surface area contributed by atoms with Crippen LogP contribution in [0.2, 0.25) is 0 Å². The molecule has 2 aliphatic rings. The van der Waals surface area contributed by atoms with Gasteiger partial charge in [-0.3, -0.25) is 9.89 Å². The Labute approximate surface area is 210 Å². The molecule has 35 heavy (non-hydrogen) atoms. The number of nitrogens with one attached hydrogen (secondary N) is 1. The van der Waals surface area contributed by atoms with Crippen molar-refractivity contribution in [2.75, 3.05) is 45.6 Å². The largest absolute Gasteiger partial charge is 0.342 e. The molecule has 182 valence electrons. The molecule has 0 bridgehead atoms. The first kappa shape index (κ1) is 24.8. The fourth-order valence-electron chi connectivity index (χ4n) is 4.35. The second-order valence-corrected chi connectivity index (χ2v) is 9.45. The van der Waals surface area contributed by atoms with Crippen LogP contribution in [0.25, 0.3) is 0 Å². The van der Waals surface area contributed by atoms with E-state index in [0.29, 0.717) is 0 Å². The van der Waals surface area contributed by atoms with Crippen LogP contribution in [0.4, 0.5) is 5.69 Å². The van der Waals surface area contributed by atoms with E-state index >= 15 is 0 Å². The summed E-state index contributed by atoms with van der Waals surface area (Å²) in [5, 5.41) is 3.64. The highest BCUT2D eigenvalue weighted by atomic mass is 15.2. The van der Waals surface area contributed by atoms with E-state index in [1.165, 1.54) is 16.7 Å². The Balaban J connectivity index is 1.56. The molecule has 1 N–H and O–H groups in total. The Morgan fingerprint density at radius 2 is 1.74 bits per heavy atom. The van der Waals surface area contributed by atoms with Gasteiger partial charge in [0.25, 0.3) is 0 Å². The van der Waals surface area contributed by atoms with E-state index in [2.05, 4.69) is 114 Å². The van der Waals surface area contributed by atoms with Crippen LogP contribution < -0.4 is 5.32 Å². The topological polar surface area (TPSA) is 43.2 Å². The summed E-state index contributed by atoms with van der Waals surface area (Å²) >= 11 is 0. The third-order valence-corrected chi connectivity index (χ3v) is 6.09. The SMILES string of the molecule is CN(C)CCCN=C1Cc2ccccc2NC(CN(CC2=CC=CC=CC2)Cc2ccccc2)=N1. The number of fused-ring (bicyclic) bond motifs is 1. The van der Waals surface area contributed by atoms with Crippen molar-refractivity contribution in [1.82, 2.24) is 9.80 Å². The molecule has 0 spiro atoms. The lowest BCUT2D eigenvalue weighted by Gasteiger charge is -2.25. The van der Waals surface area contributed by atoms with Gasteiger partial charge in [-0.05, 0) is 50.7 Å². The molecule has 0 fully saturated rings. The first-order valence-corrected chi connectivity index (χ1v) is 12.5. The van der Waals surface area contributed by atoms with Crippen molar-refractivity contribution in [3.63, 3.8) is 0 Å². The summed E-state index contributed by atoms with van der Waals surface area (Å²) in [6.07, 6.45) is 13.6. The number of amidine groups is 2. The summed E-state index contributed by atoms with van der Waals surface area (Å²) in [6, 6.07) is 19.2. The maximum Gasteiger partial charge on any atom is 0.129 e. The second-order valence-electron chi connectivity index (χ2n) is 9.45. The molecule has 2 aromatic rings. The molecule has 5 nitrogen and oxygen atoms in total. The molecule has 0 amide bonds. The second kappa shape index (κ2) is 13.0. The smallest absolute Gasteiger partial charge is 0.129 e. The number of para-hydroxylation sites is 1. The fraction of sp³-hybridized carbons (Fsp3) is 0.333. The molecule has 1 aliphatic heterocycles. The average Bonchev–Trinajstić information content (AvgIpc) is 3.21. The van der Waals surface area contributed by atoms with Gasteiger partial charge in [0.15, 0.2) is 0 Å². The van der Waals surface area contributed by atoms with Gasteiger partial charge in [0.1, 0.15) is 11.7 Å². The van der Waals surface area contributed by atoms with E-state index < -0.39 is 0 Å². The molecule has 0 atom stereocenters. The van der Waals surface area contributed by atoms with E-state index in [1.54, 1.807) is 0 Å². The minimum Gasteiger partial charge on any atom is -0.342 e. The van der Waals surface area contributed by atoms with Gasteiger partial charge >= 0.3 is 0 Å². The standard InChI is InChI=1S/C30H37N5/c1-34(2)20-12-19-31-29-21-27-17-10-11-18-28(27)32-30(33-29)24-35(23-26-15-8-5-9-16-26)22-25-13-6-3-4-7-14-25/h3-11,13,15-18H,12,14,19-24H2,1-2H3,(H,31,32,33). The zero-order chi connectivity index (χ0) is 24.3. The molecule has 0 saturated carbocycles. The number of anilines is 1. The lowest BCUT2D eigenvalue weighted by Crippen LogP contribution is -2.34. The Morgan fingerprint density at radius 1 is 0.914 bits per heavy atom. The maximum atomic E-state index is 5.05. The maximum absolute atomic E-state index is 5.05. The van der Waals surface area contributed by atoms with Gasteiger partial charge in [0.05, 0.1) is 6.54 Å². The number of hydrogen-bond donors (Lipinski definition) is 1. The van der Waals surface area contributed by atoms with Crippen LogP contribution in [-0.2, 0) is 13.0 Å². The van der Waals surface area contributed by atoms with Crippen molar-refractivity contribution < 1.29 is 0 Å². The fourth-order valence-corrected chi connectivity index (χ4v) is 4.35. The summed E-state index contributed by atoms with van der Waals surface area (Å²) < 4.78 is 0. The highest BCUT2D eigenvalue weighted by molar-refractivity contribution is 6.08. The first-order chi connectivity index (χ1) is 17.2. The zero-order valence-electron chi connectivity index (χ0n) is 21.0. The van der Waals surface area contributed by atoms with Gasteiger partial charge in [-0.1, -0.05) is 84.5 Å². The van der Waals surface area contributed by atoms with Crippen LogP contribution in [0.5, 0.6) is 0 Å². The van der Waals surface area contributed by atoms with Crippen molar-refractivity contribution in [3.05, 3.63) is 102 Å². The van der Waals surface area contributed by atoms with Crippen molar-refractivity contribution in [1.29, 1.82) is 0 Å². The predicted octanol–water partition coefficient (Wildman–Crippen LogP) is 5.35. The number of hydrogen-bond acceptors (Lipinski definition) is 4. The summed E-state index contributed by atoms with van der Waals surface area (Å²) in [5.41, 5.74) is 5.08. The minimum atomic E-state index is 0.727. The molecule has 0 saturated heterocycles. The van der Waals surface area contributed by atoms with Gasteiger partial charge in [-0.25, -0.2) is 4.99 Å². The summed E-state index contributed by atoms with van der Waals surface area (Å²) in [6.45, 7) is 4.31. The third kappa shape index (κ3) is 8.16. The molecule has 1 aliphatic carbocycles. The molecule has 2 aromatic carbocycles. The van der Waals surface area contributed by atoms with Crippen molar-refractivity contribution in [3.8, 4) is 0 Å². The van der Waals surface area contributed by atoms with Gasteiger partial charge < -0.3 is 10.2 Å². The Morgan fingerprint density at radius 3 is 2.60 bits per heavy atom. The Bertz CT molecular complexity index is 1110. The molecule has 0 unspecified atom stereocenters. The lowest BCUT2D eigenvalue weighted by molar-refractivity contribution is 0.327. The zero-order valence-corrected chi connectivity index (χ0v) is 21.0. The number of aliphatic imine (C=N–C) groups is 2. The van der Waals surface area contributed by atoms with Crippen molar-refractivity contribution >= 4 is 17.4 Å². The van der Waals surface area contributed by atoms with E-state index in [9.17, 15) is 0 Å². The predicted molar refractivity (Wildman–Crippen MR) is 149 cm³/mol. The van der Waals surface area contributed by atoms with Gasteiger partial charge in [-0.15, -0.1) is 0 Å². The van der Waals surface area contributed by atoms with Crippen LogP contribution >= 0.6 is 0 Å². The molecule has 5 heteroatoms. The number of nitrogens with zero attached hydrogens (tertiary/aromatic N) is 4. The van der Waals surface area contributed by atoms with Crippen LogP contribution in [0.15, 0.2) is 101 Å². The number of benzene rings is 2. The van der Waals surface area contributed by atoms with E-state index in [0.717, 1.165) is 69.3 Å². The normalized spacial score (nSPS) is 16.5. The minimum absolute atomic E-state index is 0.727. The van der Waals surface area contributed by atoms with Crippen LogP contribution in [0, 0.1) is 0 Å². The van der Waals surface area contributed by atoms with E-state index in [1.807, 2.05) is 0 Å². The molecule has 0 radical (unpaired) electrons. The average molecular weight is 468 g/mol. The van der Waals surface area contributed by atoms with Crippen LogP contribution in [0.1, 0.15) is 24.0 Å². The van der Waals surface area contributed by atoms with Crippen LogP contribution in [0.3, 0.4) is 0 Å². The van der Waals surface area contributed by atoms with E-state index in [-0.39, 0.29) is 0 Å². The van der Waals surface area contributed by atoms with Crippen molar-refractivity contribution in [2.24, 2.45) is 9.98 Å². The van der Waals surface area contributed by atoms with Crippen molar-refractivity contribution in [2.45, 2.75) is 25.8 Å². The quantitative estimate of drug-likeness (QED) is 0.479. The van der Waals surface area contributed by atoms with E-state index in [4.69, 9.17) is 9.98 Å². The summed E-state index contributed by atoms with van der Waals surface area (Å²) in [7, 11) is 4.21. The molecule has 4 rings (SSSR count). The number of rotatable bonds is 10. The monoisotopic (exact) mass is 467 g/mol. The van der Waals surface area contributed by atoms with Crippen LogP contribution in [-0.4, -0.2) is 61.7 Å². The Kier molecular flexibility index (Phi) is 9.21. The molecule has 1 heterocycles. The van der Waals surface area contributed by atoms with Gasteiger partial charge in [0, 0.05) is 31.7 Å². The highest BCUT2D eigenvalue weighted by Crippen LogP contribution is 2.20. The number of allylic oxidation sites excluding steroid dienone is 5. The Hall–Kier alpha value is -3.28. The molecule has 0 aromatic heterocycles. The van der Waals surface area contributed by atoms with Gasteiger partial charge in [0.2, 0.25) is 0 Å². The molecular formula is C30H37N5.